The molecular formula is C9H12N2O. The van der Waals surface area contributed by atoms with Gasteiger partial charge >= 0.3 is 0 Å². The molecule has 3 heteroatoms. The summed E-state index contributed by atoms with van der Waals surface area (Å²) >= 11 is 0. The normalized spacial score (nSPS) is 9.42. The summed E-state index contributed by atoms with van der Waals surface area (Å²) in [5.41, 5.74) is 13.1. The number of benzene rings is 1. The van der Waals surface area contributed by atoms with Crippen LogP contribution >= 0.6 is 0 Å². The largest absolute Gasteiger partial charge is 0.497 e. The average Bonchev–Trinajstić information content (AvgIpc) is 2.08. The highest BCUT2D eigenvalue weighted by Gasteiger charge is 2.00. The molecule has 1 rings (SSSR count). The zero-order valence-corrected chi connectivity index (χ0v) is 7.00. The number of hydrogen-bond donors (Lipinski definition) is 2. The predicted molar refractivity (Wildman–Crippen MR) is 51.3 cm³/mol. The molecule has 0 aromatic heterocycles. The highest BCUT2D eigenvalue weighted by atomic mass is 16.5. The third-order valence-corrected chi connectivity index (χ3v) is 1.66. The number of nitrogens with two attached hydrogens (primary N) is 2. The number of rotatable bonds is 2. The summed E-state index contributed by atoms with van der Waals surface area (Å²) in [6.07, 6.45) is 0. The van der Waals surface area contributed by atoms with E-state index in [2.05, 4.69) is 6.58 Å². The number of hydrogen-bond acceptors (Lipinski definition) is 3. The van der Waals surface area contributed by atoms with Gasteiger partial charge in [0.1, 0.15) is 5.76 Å². The third kappa shape index (κ3) is 1.50. The van der Waals surface area contributed by atoms with Gasteiger partial charge in [0.05, 0.1) is 18.5 Å². The Hall–Kier alpha value is -1.64. The molecule has 0 spiro atoms. The maximum absolute atomic E-state index is 5.59. The van der Waals surface area contributed by atoms with E-state index < -0.39 is 0 Å². The Balaban J connectivity index is 3.05. The van der Waals surface area contributed by atoms with Crippen molar-refractivity contribution in [3.05, 3.63) is 30.3 Å². The van der Waals surface area contributed by atoms with Crippen molar-refractivity contribution in [2.24, 2.45) is 0 Å². The van der Waals surface area contributed by atoms with Crippen LogP contribution in [0.15, 0.2) is 24.8 Å². The molecule has 3 nitrogen and oxygen atoms in total. The van der Waals surface area contributed by atoms with Crippen molar-refractivity contribution >= 4 is 17.1 Å². The first-order valence-electron chi connectivity index (χ1n) is 3.53. The van der Waals surface area contributed by atoms with Gasteiger partial charge in [-0.15, -0.1) is 0 Å². The minimum absolute atomic E-state index is 0.547. The molecule has 0 unspecified atom stereocenters. The number of ether oxygens (including phenoxy) is 1. The predicted octanol–water partition coefficient (Wildman–Crippen LogP) is 1.47. The summed E-state index contributed by atoms with van der Waals surface area (Å²) in [5.74, 6) is 0.585. The fourth-order valence-corrected chi connectivity index (χ4v) is 0.866. The highest BCUT2D eigenvalue weighted by molar-refractivity contribution is 5.70. The van der Waals surface area contributed by atoms with Crippen LogP contribution in [0.2, 0.25) is 0 Å². The molecule has 0 heterocycles. The summed E-state index contributed by atoms with van der Waals surface area (Å²) < 4.78 is 4.94. The van der Waals surface area contributed by atoms with Crippen molar-refractivity contribution in [2.45, 2.75) is 0 Å². The van der Waals surface area contributed by atoms with Gasteiger partial charge in [0.25, 0.3) is 0 Å². The van der Waals surface area contributed by atoms with Crippen LogP contribution in [-0.4, -0.2) is 7.11 Å². The molecule has 0 amide bonds. The van der Waals surface area contributed by atoms with Crippen LogP contribution in [-0.2, 0) is 4.74 Å². The van der Waals surface area contributed by atoms with E-state index in [0.717, 1.165) is 5.56 Å². The molecule has 0 radical (unpaired) electrons. The summed E-state index contributed by atoms with van der Waals surface area (Å²) in [6.45, 7) is 3.70. The quantitative estimate of drug-likeness (QED) is 0.514. The maximum Gasteiger partial charge on any atom is 0.118 e. The van der Waals surface area contributed by atoms with Crippen LogP contribution in [0.5, 0.6) is 0 Å². The Morgan fingerprint density at radius 2 is 2.00 bits per heavy atom. The second-order valence-corrected chi connectivity index (χ2v) is 2.47. The minimum atomic E-state index is 0.547. The summed E-state index contributed by atoms with van der Waals surface area (Å²) in [4.78, 5) is 0. The van der Waals surface area contributed by atoms with Crippen molar-refractivity contribution in [1.29, 1.82) is 0 Å². The molecule has 0 fully saturated rings. The van der Waals surface area contributed by atoms with Gasteiger partial charge in [-0.05, 0) is 18.2 Å². The molecule has 0 atom stereocenters. The van der Waals surface area contributed by atoms with E-state index in [0.29, 0.717) is 17.1 Å². The lowest BCUT2D eigenvalue weighted by atomic mass is 10.1. The molecule has 0 saturated carbocycles. The molecule has 1 aromatic carbocycles. The van der Waals surface area contributed by atoms with Crippen molar-refractivity contribution < 1.29 is 4.74 Å². The molecule has 1 aromatic rings. The zero-order valence-electron chi connectivity index (χ0n) is 7.00. The molecule has 12 heavy (non-hydrogen) atoms. The van der Waals surface area contributed by atoms with Crippen LogP contribution in [0, 0.1) is 0 Å². The van der Waals surface area contributed by atoms with Gasteiger partial charge in [-0.2, -0.15) is 0 Å². The van der Waals surface area contributed by atoms with Crippen molar-refractivity contribution in [2.75, 3.05) is 18.6 Å². The Morgan fingerprint density at radius 3 is 2.50 bits per heavy atom. The third-order valence-electron chi connectivity index (χ3n) is 1.66. The van der Waals surface area contributed by atoms with E-state index in [-0.39, 0.29) is 0 Å². The van der Waals surface area contributed by atoms with Crippen LogP contribution in [0.1, 0.15) is 5.56 Å². The van der Waals surface area contributed by atoms with E-state index in [4.69, 9.17) is 16.2 Å². The van der Waals surface area contributed by atoms with E-state index in [1.165, 1.54) is 0 Å². The van der Waals surface area contributed by atoms with E-state index in [1.54, 1.807) is 19.2 Å². The smallest absolute Gasteiger partial charge is 0.118 e. The average molecular weight is 164 g/mol. The number of anilines is 2. The molecule has 4 N–H and O–H groups in total. The van der Waals surface area contributed by atoms with Crippen molar-refractivity contribution in [3.63, 3.8) is 0 Å². The lowest BCUT2D eigenvalue weighted by Crippen LogP contribution is -1.95. The van der Waals surface area contributed by atoms with Gasteiger partial charge in [0.2, 0.25) is 0 Å². The summed E-state index contributed by atoms with van der Waals surface area (Å²) in [5, 5.41) is 0. The van der Waals surface area contributed by atoms with Crippen molar-refractivity contribution in [3.8, 4) is 0 Å². The minimum Gasteiger partial charge on any atom is -0.497 e. The first-order valence-corrected chi connectivity index (χ1v) is 3.53. The van der Waals surface area contributed by atoms with E-state index in [9.17, 15) is 0 Å². The van der Waals surface area contributed by atoms with Crippen LogP contribution in [0.4, 0.5) is 11.4 Å². The second kappa shape index (κ2) is 3.17. The Labute approximate surface area is 71.6 Å². The van der Waals surface area contributed by atoms with Crippen LogP contribution in [0.3, 0.4) is 0 Å². The lowest BCUT2D eigenvalue weighted by Gasteiger charge is -2.06. The Kier molecular flexibility index (Phi) is 2.24. The highest BCUT2D eigenvalue weighted by Crippen LogP contribution is 2.20. The molecule has 0 aliphatic carbocycles. The van der Waals surface area contributed by atoms with Crippen LogP contribution < -0.4 is 11.5 Å². The van der Waals surface area contributed by atoms with E-state index >= 15 is 0 Å². The Bertz CT molecular complexity index is 307. The summed E-state index contributed by atoms with van der Waals surface area (Å²) in [6, 6.07) is 5.29. The topological polar surface area (TPSA) is 61.3 Å². The van der Waals surface area contributed by atoms with Gasteiger partial charge in [0.15, 0.2) is 0 Å². The van der Waals surface area contributed by atoms with E-state index in [1.807, 2.05) is 6.07 Å². The second-order valence-electron chi connectivity index (χ2n) is 2.47. The maximum atomic E-state index is 5.59. The van der Waals surface area contributed by atoms with Gasteiger partial charge in [-0.1, -0.05) is 6.58 Å². The molecule has 0 aliphatic heterocycles. The monoisotopic (exact) mass is 164 g/mol. The van der Waals surface area contributed by atoms with Gasteiger partial charge in [-0.25, -0.2) is 0 Å². The fourth-order valence-electron chi connectivity index (χ4n) is 0.866. The molecular weight excluding hydrogens is 152 g/mol. The fraction of sp³-hybridized carbons (Fsp3) is 0.111. The molecule has 0 bridgehead atoms. The molecule has 0 aliphatic rings. The standard InChI is InChI=1S/C9H12N2O/c1-6(12-2)7-3-4-8(10)9(11)5-7/h3-5H,1,10-11H2,2H3. The molecule has 64 valence electrons. The Morgan fingerprint density at radius 1 is 1.33 bits per heavy atom. The van der Waals surface area contributed by atoms with Gasteiger partial charge in [-0.3, -0.25) is 0 Å². The number of methoxy groups -OCH3 is 1. The lowest BCUT2D eigenvalue weighted by molar-refractivity contribution is 0.371. The van der Waals surface area contributed by atoms with Crippen LogP contribution in [0.25, 0.3) is 5.76 Å². The molecule has 0 saturated heterocycles. The first kappa shape index (κ1) is 8.46. The summed E-state index contributed by atoms with van der Waals surface area (Å²) in [7, 11) is 1.56. The van der Waals surface area contributed by atoms with Crippen molar-refractivity contribution in [1.82, 2.24) is 0 Å². The SMILES string of the molecule is C=C(OC)c1ccc(N)c(N)c1. The zero-order chi connectivity index (χ0) is 9.14. The number of nitrogen functional groups attached to an aromatic ring is 2. The van der Waals surface area contributed by atoms with Gasteiger partial charge in [0, 0.05) is 5.56 Å². The van der Waals surface area contributed by atoms with Gasteiger partial charge < -0.3 is 16.2 Å². The first-order chi connectivity index (χ1) is 5.65.